The normalized spacial score (nSPS) is 11.2. The van der Waals surface area contributed by atoms with Gasteiger partial charge in [-0.1, -0.05) is 6.07 Å². The average Bonchev–Trinajstić information content (AvgIpc) is 3.21. The Labute approximate surface area is 225 Å². The van der Waals surface area contributed by atoms with E-state index in [0.717, 1.165) is 23.3 Å². The summed E-state index contributed by atoms with van der Waals surface area (Å²) in [5.41, 5.74) is 8.71. The van der Waals surface area contributed by atoms with E-state index < -0.39 is 22.0 Å². The minimum absolute atomic E-state index is 0.00213. The number of nitrogens with two attached hydrogens (primary N) is 1. The molecule has 2 aromatic heterocycles. The number of hydrogen-bond donors (Lipinski definition) is 3. The predicted molar refractivity (Wildman–Crippen MR) is 147 cm³/mol. The Morgan fingerprint density at radius 2 is 1.82 bits per heavy atom. The molecule has 39 heavy (non-hydrogen) atoms. The molecule has 0 aliphatic carbocycles. The summed E-state index contributed by atoms with van der Waals surface area (Å²) < 4.78 is 28.8. The van der Waals surface area contributed by atoms with Crippen molar-refractivity contribution < 1.29 is 22.2 Å². The highest BCUT2D eigenvalue weighted by molar-refractivity contribution is 7.86. The number of carbonyl (C=O) groups excluding carboxylic acids is 2. The number of nitrogen functional groups attached to an aromatic ring is 1. The van der Waals surface area contributed by atoms with Gasteiger partial charge < -0.3 is 19.8 Å². The molecule has 0 aliphatic rings. The standard InChI is InChI=1S/C26H27N7O5S/c1-32-21-11-8-18(15-20(21)31-23(32)16-30-19-9-6-17(7-10-19)25(27)28)26(35)33(22-5-3-4-13-29-22)14-12-24(34)38-39(2,36)37/h3-11,13,15,30H,12,14,16H2,1-2H3,(H3,27,28). The van der Waals surface area contributed by atoms with Gasteiger partial charge in [0.1, 0.15) is 17.5 Å². The van der Waals surface area contributed by atoms with Crippen molar-refractivity contribution in [2.45, 2.75) is 13.0 Å². The van der Waals surface area contributed by atoms with Crippen LogP contribution in [0.5, 0.6) is 0 Å². The molecule has 202 valence electrons. The number of fused-ring (bicyclic) bond motifs is 1. The molecule has 0 saturated carbocycles. The van der Waals surface area contributed by atoms with Gasteiger partial charge in [0, 0.05) is 36.6 Å². The van der Waals surface area contributed by atoms with Gasteiger partial charge in [-0.3, -0.25) is 19.9 Å². The molecule has 0 atom stereocenters. The molecule has 0 radical (unpaired) electrons. The van der Waals surface area contributed by atoms with E-state index in [-0.39, 0.29) is 18.8 Å². The maximum Gasteiger partial charge on any atom is 0.323 e. The molecular weight excluding hydrogens is 522 g/mol. The second-order valence-corrected chi connectivity index (χ2v) is 10.3. The molecule has 0 fully saturated rings. The van der Waals surface area contributed by atoms with Crippen molar-refractivity contribution in [1.29, 1.82) is 5.41 Å². The van der Waals surface area contributed by atoms with Gasteiger partial charge in [-0.15, -0.1) is 0 Å². The highest BCUT2D eigenvalue weighted by atomic mass is 32.2. The number of amidine groups is 1. The number of nitrogens with zero attached hydrogens (tertiary/aromatic N) is 4. The van der Waals surface area contributed by atoms with Gasteiger partial charge in [0.15, 0.2) is 0 Å². The van der Waals surface area contributed by atoms with Crippen LogP contribution in [0.25, 0.3) is 11.0 Å². The van der Waals surface area contributed by atoms with Crippen LogP contribution in [0.1, 0.15) is 28.2 Å². The van der Waals surface area contributed by atoms with Crippen LogP contribution in [0, 0.1) is 5.41 Å². The summed E-state index contributed by atoms with van der Waals surface area (Å²) in [6, 6.07) is 17.3. The van der Waals surface area contributed by atoms with E-state index in [2.05, 4.69) is 19.5 Å². The first-order valence-electron chi connectivity index (χ1n) is 11.8. The number of aryl methyl sites for hydroxylation is 1. The van der Waals surface area contributed by atoms with Gasteiger partial charge in [0.05, 0.1) is 30.3 Å². The lowest BCUT2D eigenvalue weighted by Crippen LogP contribution is -2.34. The van der Waals surface area contributed by atoms with Crippen LogP contribution in [0.15, 0.2) is 66.9 Å². The number of nitrogens with one attached hydrogen (secondary N) is 2. The molecule has 0 saturated heterocycles. The third-order valence-electron chi connectivity index (χ3n) is 5.82. The van der Waals surface area contributed by atoms with Crippen LogP contribution in [-0.4, -0.2) is 53.5 Å². The highest BCUT2D eigenvalue weighted by Crippen LogP contribution is 2.21. The Hall–Kier alpha value is -4.78. The Balaban J connectivity index is 1.54. The molecule has 1 amide bonds. The number of benzene rings is 2. The van der Waals surface area contributed by atoms with Crippen LogP contribution in [0.3, 0.4) is 0 Å². The van der Waals surface area contributed by atoms with Crippen LogP contribution >= 0.6 is 0 Å². The molecule has 0 bridgehead atoms. The number of carbonyl (C=O) groups is 2. The quantitative estimate of drug-likeness (QED) is 0.152. The fourth-order valence-corrected chi connectivity index (χ4v) is 4.31. The van der Waals surface area contributed by atoms with Crippen LogP contribution in [0.4, 0.5) is 11.5 Å². The van der Waals surface area contributed by atoms with Crippen molar-refractivity contribution >= 4 is 50.4 Å². The molecule has 2 heterocycles. The number of amides is 1. The Bertz CT molecular complexity index is 1630. The van der Waals surface area contributed by atoms with Crippen molar-refractivity contribution in [3.8, 4) is 0 Å². The van der Waals surface area contributed by atoms with Crippen molar-refractivity contribution in [3.63, 3.8) is 0 Å². The first-order chi connectivity index (χ1) is 18.5. The monoisotopic (exact) mass is 549 g/mol. The van der Waals surface area contributed by atoms with Crippen molar-refractivity contribution in [1.82, 2.24) is 14.5 Å². The number of aromatic nitrogens is 3. The van der Waals surface area contributed by atoms with Gasteiger partial charge >= 0.3 is 16.1 Å². The highest BCUT2D eigenvalue weighted by Gasteiger charge is 2.22. The van der Waals surface area contributed by atoms with Gasteiger partial charge in [0.25, 0.3) is 5.91 Å². The molecule has 4 N–H and O–H groups in total. The van der Waals surface area contributed by atoms with Gasteiger partial charge in [0.2, 0.25) is 0 Å². The Kier molecular flexibility index (Phi) is 7.91. The summed E-state index contributed by atoms with van der Waals surface area (Å²) in [6.45, 7) is 0.276. The molecule has 0 aliphatic heterocycles. The topological polar surface area (TPSA) is 173 Å². The van der Waals surface area contributed by atoms with E-state index in [1.54, 1.807) is 48.5 Å². The number of hydrogen-bond acceptors (Lipinski definition) is 9. The van der Waals surface area contributed by atoms with Crippen molar-refractivity contribution in [2.24, 2.45) is 12.8 Å². The molecule has 0 unspecified atom stereocenters. The fraction of sp³-hybridized carbons (Fsp3) is 0.192. The largest absolute Gasteiger partial charge is 0.384 e. The van der Waals surface area contributed by atoms with E-state index in [4.69, 9.17) is 11.1 Å². The summed E-state index contributed by atoms with van der Waals surface area (Å²) in [7, 11) is -2.09. The number of rotatable bonds is 10. The van der Waals surface area contributed by atoms with Crippen LogP contribution in [0.2, 0.25) is 0 Å². The van der Waals surface area contributed by atoms with Gasteiger partial charge in [-0.25, -0.2) is 9.97 Å². The first-order valence-corrected chi connectivity index (χ1v) is 13.6. The zero-order valence-electron chi connectivity index (χ0n) is 21.3. The lowest BCUT2D eigenvalue weighted by molar-refractivity contribution is -0.133. The second-order valence-electron chi connectivity index (χ2n) is 8.69. The summed E-state index contributed by atoms with van der Waals surface area (Å²) >= 11 is 0. The van der Waals surface area contributed by atoms with E-state index in [1.165, 1.54) is 11.1 Å². The lowest BCUT2D eigenvalue weighted by atomic mass is 10.1. The third-order valence-corrected chi connectivity index (χ3v) is 6.31. The molecule has 0 spiro atoms. The van der Waals surface area contributed by atoms with Gasteiger partial charge in [-0.2, -0.15) is 8.42 Å². The van der Waals surface area contributed by atoms with Crippen molar-refractivity contribution in [3.05, 3.63) is 83.8 Å². The number of pyridine rings is 1. The molecule has 12 nitrogen and oxygen atoms in total. The Morgan fingerprint density at radius 1 is 1.10 bits per heavy atom. The van der Waals surface area contributed by atoms with Gasteiger partial charge in [-0.05, 0) is 54.6 Å². The van der Waals surface area contributed by atoms with E-state index in [9.17, 15) is 18.0 Å². The van der Waals surface area contributed by atoms with Crippen LogP contribution < -0.4 is 16.0 Å². The predicted octanol–water partition coefficient (Wildman–Crippen LogP) is 2.40. The molecular formula is C26H27N7O5S. The third kappa shape index (κ3) is 6.76. The van der Waals surface area contributed by atoms with E-state index >= 15 is 0 Å². The van der Waals surface area contributed by atoms with E-state index in [0.29, 0.717) is 29.0 Å². The second kappa shape index (κ2) is 11.3. The lowest BCUT2D eigenvalue weighted by Gasteiger charge is -2.21. The van der Waals surface area contributed by atoms with E-state index in [1.807, 2.05) is 23.7 Å². The smallest absolute Gasteiger partial charge is 0.323 e. The molecule has 13 heteroatoms. The summed E-state index contributed by atoms with van der Waals surface area (Å²) in [6.07, 6.45) is 1.95. The SMILES string of the molecule is Cn1c(CNc2ccc(C(=N)N)cc2)nc2cc(C(=O)N(CCC(=O)OS(C)(=O)=O)c3ccccn3)ccc21. The van der Waals surface area contributed by atoms with Crippen LogP contribution in [-0.2, 0) is 32.7 Å². The maximum absolute atomic E-state index is 13.5. The fourth-order valence-electron chi connectivity index (χ4n) is 3.89. The molecule has 4 rings (SSSR count). The first kappa shape index (κ1) is 27.3. The summed E-state index contributed by atoms with van der Waals surface area (Å²) in [4.78, 5) is 35.7. The summed E-state index contributed by atoms with van der Waals surface area (Å²) in [5, 5.41) is 10.8. The zero-order valence-corrected chi connectivity index (χ0v) is 22.1. The summed E-state index contributed by atoms with van der Waals surface area (Å²) in [5.74, 6) is -0.373. The Morgan fingerprint density at radius 3 is 2.46 bits per heavy atom. The van der Waals surface area contributed by atoms with Crippen molar-refractivity contribution in [2.75, 3.05) is 23.0 Å². The minimum Gasteiger partial charge on any atom is -0.384 e. The zero-order chi connectivity index (χ0) is 28.2. The number of anilines is 2. The number of imidazole rings is 1. The molecule has 4 aromatic rings. The maximum atomic E-state index is 13.5. The minimum atomic E-state index is -3.96. The average molecular weight is 550 g/mol. The molecule has 2 aromatic carbocycles.